The largest absolute Gasteiger partial charge is 0.494 e. The molecule has 0 saturated heterocycles. The third kappa shape index (κ3) is 1.28. The lowest BCUT2D eigenvalue weighted by Crippen LogP contribution is -2.36. The topological polar surface area (TPSA) is 50.4 Å². The first kappa shape index (κ1) is 8.87. The van der Waals surface area contributed by atoms with E-state index in [1.54, 1.807) is 7.11 Å². The monoisotopic (exact) mass is 192 g/mol. The second-order valence-corrected chi connectivity index (χ2v) is 3.24. The third-order valence-corrected chi connectivity index (χ3v) is 2.26. The Hall–Kier alpha value is -1.71. The first-order valence-corrected chi connectivity index (χ1v) is 4.47. The van der Waals surface area contributed by atoms with Gasteiger partial charge in [0.2, 0.25) is 5.91 Å². The van der Waals surface area contributed by atoms with Crippen molar-refractivity contribution < 1.29 is 9.53 Å². The van der Waals surface area contributed by atoms with Crippen molar-refractivity contribution in [3.8, 4) is 5.75 Å². The van der Waals surface area contributed by atoms with Crippen molar-refractivity contribution in [2.45, 2.75) is 13.0 Å². The maximum atomic E-state index is 11.4. The molecule has 1 aliphatic rings. The minimum Gasteiger partial charge on any atom is -0.494 e. The van der Waals surface area contributed by atoms with Crippen LogP contribution in [0.4, 0.5) is 11.4 Å². The van der Waals surface area contributed by atoms with Gasteiger partial charge in [0.05, 0.1) is 12.8 Å². The molecule has 0 aromatic heterocycles. The molecular weight excluding hydrogens is 180 g/mol. The number of methoxy groups -OCH3 is 1. The van der Waals surface area contributed by atoms with Gasteiger partial charge in [-0.1, -0.05) is 6.07 Å². The Morgan fingerprint density at radius 2 is 2.21 bits per heavy atom. The van der Waals surface area contributed by atoms with E-state index in [0.29, 0.717) is 5.75 Å². The Bertz CT molecular complexity index is 376. The molecule has 74 valence electrons. The molecule has 0 radical (unpaired) electrons. The van der Waals surface area contributed by atoms with Gasteiger partial charge in [-0.05, 0) is 19.1 Å². The summed E-state index contributed by atoms with van der Waals surface area (Å²) in [5.74, 6) is 0.636. The lowest BCUT2D eigenvalue weighted by atomic mass is 10.1. The Labute approximate surface area is 82.3 Å². The predicted molar refractivity (Wildman–Crippen MR) is 54.7 cm³/mol. The van der Waals surface area contributed by atoms with Gasteiger partial charge in [-0.3, -0.25) is 4.79 Å². The summed E-state index contributed by atoms with van der Waals surface area (Å²) in [6.45, 7) is 1.82. The molecule has 0 bridgehead atoms. The number of benzene rings is 1. The van der Waals surface area contributed by atoms with Crippen LogP contribution in [-0.4, -0.2) is 19.1 Å². The minimum atomic E-state index is -0.199. The van der Waals surface area contributed by atoms with Crippen LogP contribution in [0.2, 0.25) is 0 Å². The minimum absolute atomic E-state index is 0.0398. The van der Waals surface area contributed by atoms with Gasteiger partial charge in [-0.2, -0.15) is 0 Å². The van der Waals surface area contributed by atoms with E-state index in [1.165, 1.54) is 0 Å². The second kappa shape index (κ2) is 3.21. The zero-order chi connectivity index (χ0) is 10.1. The number of anilines is 2. The highest BCUT2D eigenvalue weighted by Crippen LogP contribution is 2.35. The molecule has 1 atom stereocenters. The number of rotatable bonds is 1. The first-order chi connectivity index (χ1) is 6.72. The summed E-state index contributed by atoms with van der Waals surface area (Å²) >= 11 is 0. The molecule has 4 heteroatoms. The van der Waals surface area contributed by atoms with E-state index in [2.05, 4.69) is 10.6 Å². The van der Waals surface area contributed by atoms with E-state index in [1.807, 2.05) is 25.1 Å². The Kier molecular flexibility index (Phi) is 2.04. The van der Waals surface area contributed by atoms with E-state index < -0.39 is 0 Å². The van der Waals surface area contributed by atoms with E-state index in [0.717, 1.165) is 11.4 Å². The van der Waals surface area contributed by atoms with Crippen molar-refractivity contribution >= 4 is 17.3 Å². The number of hydrogen-bond donors (Lipinski definition) is 2. The smallest absolute Gasteiger partial charge is 0.246 e. The summed E-state index contributed by atoms with van der Waals surface area (Å²) < 4.78 is 5.14. The first-order valence-electron chi connectivity index (χ1n) is 4.47. The Morgan fingerprint density at radius 3 is 2.93 bits per heavy atom. The average molecular weight is 192 g/mol. The lowest BCUT2D eigenvalue weighted by Gasteiger charge is -2.25. The molecule has 1 amide bonds. The molecule has 0 aliphatic carbocycles. The molecule has 1 aromatic rings. The quantitative estimate of drug-likeness (QED) is 0.708. The number of carbonyl (C=O) groups excluding carboxylic acids is 1. The molecule has 1 aliphatic heterocycles. The van der Waals surface area contributed by atoms with E-state index >= 15 is 0 Å². The highest BCUT2D eigenvalue weighted by atomic mass is 16.5. The van der Waals surface area contributed by atoms with Gasteiger partial charge in [0, 0.05) is 0 Å². The maximum Gasteiger partial charge on any atom is 0.246 e. The number of hydrogen-bond acceptors (Lipinski definition) is 3. The fourth-order valence-corrected chi connectivity index (χ4v) is 1.48. The molecule has 0 saturated carbocycles. The van der Waals surface area contributed by atoms with Crippen LogP contribution in [-0.2, 0) is 4.79 Å². The molecule has 2 rings (SSSR count). The molecule has 1 aromatic carbocycles. The van der Waals surface area contributed by atoms with Gasteiger partial charge in [0.25, 0.3) is 0 Å². The summed E-state index contributed by atoms with van der Waals surface area (Å²) in [5.41, 5.74) is 1.62. The van der Waals surface area contributed by atoms with Crippen LogP contribution in [0, 0.1) is 0 Å². The third-order valence-electron chi connectivity index (χ3n) is 2.26. The summed E-state index contributed by atoms with van der Waals surface area (Å²) in [7, 11) is 1.58. The van der Waals surface area contributed by atoms with Crippen LogP contribution in [0.5, 0.6) is 5.75 Å². The molecular formula is C10H12N2O2. The van der Waals surface area contributed by atoms with Crippen molar-refractivity contribution in [1.82, 2.24) is 0 Å². The fourth-order valence-electron chi connectivity index (χ4n) is 1.48. The lowest BCUT2D eigenvalue weighted by molar-refractivity contribution is -0.116. The van der Waals surface area contributed by atoms with Crippen LogP contribution in [0.1, 0.15) is 6.92 Å². The Morgan fingerprint density at radius 1 is 1.43 bits per heavy atom. The fraction of sp³-hybridized carbons (Fsp3) is 0.300. The van der Waals surface area contributed by atoms with Crippen LogP contribution >= 0.6 is 0 Å². The van der Waals surface area contributed by atoms with Gasteiger partial charge < -0.3 is 15.4 Å². The normalized spacial score (nSPS) is 19.3. The maximum absolute atomic E-state index is 11.4. The average Bonchev–Trinajstić information content (AvgIpc) is 2.19. The van der Waals surface area contributed by atoms with E-state index in [-0.39, 0.29) is 11.9 Å². The van der Waals surface area contributed by atoms with Crippen molar-refractivity contribution in [2.75, 3.05) is 17.7 Å². The number of ether oxygens (including phenoxy) is 1. The van der Waals surface area contributed by atoms with Crippen molar-refractivity contribution in [2.24, 2.45) is 0 Å². The SMILES string of the molecule is COc1cccc2c1NC(=O)C(C)N2. The molecule has 1 unspecified atom stereocenters. The predicted octanol–water partition coefficient (Wildman–Crippen LogP) is 1.45. The molecule has 0 spiro atoms. The standard InChI is InChI=1S/C10H12N2O2/c1-6-10(13)12-9-7(11-6)4-3-5-8(9)14-2/h3-6,11H,1-2H3,(H,12,13). The van der Waals surface area contributed by atoms with Crippen LogP contribution in [0.15, 0.2) is 18.2 Å². The molecule has 1 heterocycles. The molecule has 0 fully saturated rings. The van der Waals surface area contributed by atoms with Crippen molar-refractivity contribution in [3.05, 3.63) is 18.2 Å². The number of fused-ring (bicyclic) bond motifs is 1. The summed E-state index contributed by atoms with van der Waals surface area (Å²) in [5, 5.41) is 5.90. The molecule has 2 N–H and O–H groups in total. The Balaban J connectivity index is 2.46. The van der Waals surface area contributed by atoms with Crippen LogP contribution < -0.4 is 15.4 Å². The van der Waals surface area contributed by atoms with Gasteiger partial charge >= 0.3 is 0 Å². The number of para-hydroxylation sites is 1. The van der Waals surface area contributed by atoms with Crippen LogP contribution in [0.3, 0.4) is 0 Å². The number of amides is 1. The van der Waals surface area contributed by atoms with E-state index in [4.69, 9.17) is 4.74 Å². The highest BCUT2D eigenvalue weighted by Gasteiger charge is 2.23. The van der Waals surface area contributed by atoms with Gasteiger partial charge in [-0.15, -0.1) is 0 Å². The van der Waals surface area contributed by atoms with Gasteiger partial charge in [0.1, 0.15) is 17.5 Å². The van der Waals surface area contributed by atoms with Crippen molar-refractivity contribution in [1.29, 1.82) is 0 Å². The van der Waals surface area contributed by atoms with Crippen molar-refractivity contribution in [3.63, 3.8) is 0 Å². The van der Waals surface area contributed by atoms with Gasteiger partial charge in [0.15, 0.2) is 0 Å². The summed E-state index contributed by atoms with van der Waals surface area (Å²) in [6.07, 6.45) is 0. The highest BCUT2D eigenvalue weighted by molar-refractivity contribution is 6.04. The zero-order valence-electron chi connectivity index (χ0n) is 8.13. The van der Waals surface area contributed by atoms with E-state index in [9.17, 15) is 4.79 Å². The zero-order valence-corrected chi connectivity index (χ0v) is 8.13. The van der Waals surface area contributed by atoms with Gasteiger partial charge in [-0.25, -0.2) is 0 Å². The number of carbonyl (C=O) groups is 1. The molecule has 4 nitrogen and oxygen atoms in total. The molecule has 14 heavy (non-hydrogen) atoms. The number of nitrogens with one attached hydrogen (secondary N) is 2. The van der Waals surface area contributed by atoms with Crippen LogP contribution in [0.25, 0.3) is 0 Å². The summed E-state index contributed by atoms with van der Waals surface area (Å²) in [4.78, 5) is 11.4. The summed E-state index contributed by atoms with van der Waals surface area (Å²) in [6, 6.07) is 5.41. The second-order valence-electron chi connectivity index (χ2n) is 3.24.